The van der Waals surface area contributed by atoms with E-state index in [1.54, 1.807) is 12.3 Å². The number of hydrogen-bond donors (Lipinski definition) is 0. The summed E-state index contributed by atoms with van der Waals surface area (Å²) in [6.45, 7) is 0.0523. The Hall–Kier alpha value is -1.96. The van der Waals surface area contributed by atoms with Crippen LogP contribution in [0.4, 0.5) is 17.6 Å². The maximum Gasteiger partial charge on any atom is 0.416 e. The number of carbonyl (C=O) groups excluding carboxylic acids is 1. The summed E-state index contributed by atoms with van der Waals surface area (Å²) in [5.41, 5.74) is -0.0928. The number of fused-ring (bicyclic) bond motifs is 1. The molecule has 0 saturated heterocycles. The Bertz CT molecular complexity index is 807. The van der Waals surface area contributed by atoms with Gasteiger partial charge >= 0.3 is 6.18 Å². The van der Waals surface area contributed by atoms with Crippen LogP contribution in [0, 0.1) is 5.82 Å². The van der Waals surface area contributed by atoms with Gasteiger partial charge in [0, 0.05) is 35.7 Å². The van der Waals surface area contributed by atoms with Gasteiger partial charge in [0.15, 0.2) is 0 Å². The molecule has 126 valence electrons. The molecule has 3 nitrogen and oxygen atoms in total. The van der Waals surface area contributed by atoms with Gasteiger partial charge in [-0.05, 0) is 40.2 Å². The lowest BCUT2D eigenvalue weighted by Gasteiger charge is -2.28. The molecule has 0 N–H and O–H groups in total. The number of aromatic nitrogens is 1. The van der Waals surface area contributed by atoms with Gasteiger partial charge in [-0.25, -0.2) is 4.39 Å². The Morgan fingerprint density at radius 2 is 2.00 bits per heavy atom. The highest BCUT2D eigenvalue weighted by molar-refractivity contribution is 9.10. The molecule has 0 aliphatic carbocycles. The third kappa shape index (κ3) is 3.28. The van der Waals surface area contributed by atoms with Gasteiger partial charge in [0.1, 0.15) is 5.82 Å². The highest BCUT2D eigenvalue weighted by atomic mass is 79.9. The van der Waals surface area contributed by atoms with Gasteiger partial charge < -0.3 is 4.90 Å². The van der Waals surface area contributed by atoms with E-state index in [2.05, 4.69) is 20.9 Å². The second kappa shape index (κ2) is 6.16. The molecule has 24 heavy (non-hydrogen) atoms. The zero-order chi connectivity index (χ0) is 17.5. The van der Waals surface area contributed by atoms with E-state index >= 15 is 0 Å². The summed E-state index contributed by atoms with van der Waals surface area (Å²) in [5, 5.41) is 0. The summed E-state index contributed by atoms with van der Waals surface area (Å²) in [6.07, 6.45) is -2.51. The molecule has 0 spiro atoms. The fraction of sp³-hybridized carbons (Fsp3) is 0.250. The van der Waals surface area contributed by atoms with Crippen LogP contribution in [-0.4, -0.2) is 22.3 Å². The second-order valence-corrected chi connectivity index (χ2v) is 6.34. The Morgan fingerprint density at radius 1 is 1.25 bits per heavy atom. The van der Waals surface area contributed by atoms with Gasteiger partial charge in [0.05, 0.1) is 16.8 Å². The Labute approximate surface area is 143 Å². The molecule has 1 aromatic carbocycles. The molecule has 0 radical (unpaired) electrons. The molecule has 1 aromatic heterocycles. The van der Waals surface area contributed by atoms with Crippen molar-refractivity contribution in [3.8, 4) is 0 Å². The normalized spacial score (nSPS) is 14.7. The lowest BCUT2D eigenvalue weighted by atomic mass is 10.0. The summed E-state index contributed by atoms with van der Waals surface area (Å²) >= 11 is 3.23. The lowest BCUT2D eigenvalue weighted by Crippen LogP contribution is -2.37. The molecule has 0 unspecified atom stereocenters. The van der Waals surface area contributed by atoms with Gasteiger partial charge in [-0.2, -0.15) is 13.2 Å². The highest BCUT2D eigenvalue weighted by Crippen LogP contribution is 2.31. The number of benzene rings is 1. The van der Waals surface area contributed by atoms with E-state index < -0.39 is 17.6 Å². The SMILES string of the molecule is O=C1c2cc(Br)cnc2CCN1Cc1cc(C(F)(F)F)ccc1F. The standard InChI is InChI=1S/C16H11BrF4N2O/c17-11-6-12-14(22-7-11)3-4-23(15(12)24)8-9-5-10(16(19,20)21)1-2-13(9)18/h1-2,5-7H,3-4,8H2. The van der Waals surface area contributed by atoms with Crippen LogP contribution in [0.2, 0.25) is 0 Å². The molecule has 2 aromatic rings. The summed E-state index contributed by atoms with van der Waals surface area (Å²) in [6, 6.07) is 3.82. The first-order valence-corrected chi connectivity index (χ1v) is 7.84. The molecule has 0 fully saturated rings. The van der Waals surface area contributed by atoms with Crippen molar-refractivity contribution in [2.24, 2.45) is 0 Å². The van der Waals surface area contributed by atoms with Crippen molar-refractivity contribution in [1.82, 2.24) is 9.88 Å². The summed E-state index contributed by atoms with van der Waals surface area (Å²) in [7, 11) is 0. The van der Waals surface area contributed by atoms with Crippen LogP contribution in [0.25, 0.3) is 0 Å². The van der Waals surface area contributed by atoms with Gasteiger partial charge in [-0.3, -0.25) is 9.78 Å². The van der Waals surface area contributed by atoms with Crippen LogP contribution < -0.4 is 0 Å². The predicted octanol–water partition coefficient (Wildman–Crippen LogP) is 4.20. The minimum Gasteiger partial charge on any atom is -0.334 e. The first kappa shape index (κ1) is 16.9. The third-order valence-corrected chi connectivity index (χ3v) is 4.24. The number of hydrogen-bond acceptors (Lipinski definition) is 2. The van der Waals surface area contributed by atoms with E-state index in [1.807, 2.05) is 0 Å². The smallest absolute Gasteiger partial charge is 0.334 e. The molecule has 0 saturated carbocycles. The van der Waals surface area contributed by atoms with Gasteiger partial charge in [0.2, 0.25) is 0 Å². The maximum absolute atomic E-state index is 13.9. The van der Waals surface area contributed by atoms with Crippen molar-refractivity contribution in [3.05, 3.63) is 63.1 Å². The fourth-order valence-electron chi connectivity index (χ4n) is 2.59. The van der Waals surface area contributed by atoms with E-state index in [4.69, 9.17) is 0 Å². The number of alkyl halides is 3. The van der Waals surface area contributed by atoms with Crippen molar-refractivity contribution in [1.29, 1.82) is 0 Å². The molecule has 2 heterocycles. The molecule has 8 heteroatoms. The van der Waals surface area contributed by atoms with Crippen LogP contribution in [0.3, 0.4) is 0 Å². The Balaban J connectivity index is 1.88. The third-order valence-electron chi connectivity index (χ3n) is 3.81. The summed E-state index contributed by atoms with van der Waals surface area (Å²) in [5.74, 6) is -1.14. The van der Waals surface area contributed by atoms with Crippen molar-refractivity contribution < 1.29 is 22.4 Å². The van der Waals surface area contributed by atoms with E-state index in [1.165, 1.54) is 4.90 Å². The van der Waals surface area contributed by atoms with E-state index in [9.17, 15) is 22.4 Å². The molecule has 3 rings (SSSR count). The Morgan fingerprint density at radius 3 is 2.71 bits per heavy atom. The largest absolute Gasteiger partial charge is 0.416 e. The maximum atomic E-state index is 13.9. The average molecular weight is 403 g/mol. The van der Waals surface area contributed by atoms with Crippen molar-refractivity contribution >= 4 is 21.8 Å². The number of nitrogens with zero attached hydrogens (tertiary/aromatic N) is 2. The van der Waals surface area contributed by atoms with Crippen LogP contribution in [0.5, 0.6) is 0 Å². The van der Waals surface area contributed by atoms with Crippen LogP contribution in [0.15, 0.2) is 34.9 Å². The molecular formula is C16H11BrF4N2O. The van der Waals surface area contributed by atoms with E-state index in [0.29, 0.717) is 28.2 Å². The highest BCUT2D eigenvalue weighted by Gasteiger charge is 2.32. The van der Waals surface area contributed by atoms with Gasteiger partial charge in [-0.1, -0.05) is 0 Å². The molecule has 0 bridgehead atoms. The number of carbonyl (C=O) groups is 1. The topological polar surface area (TPSA) is 33.2 Å². The molecular weight excluding hydrogens is 392 g/mol. The number of halogens is 5. The first-order chi connectivity index (χ1) is 11.3. The van der Waals surface area contributed by atoms with Crippen LogP contribution >= 0.6 is 15.9 Å². The number of rotatable bonds is 2. The summed E-state index contributed by atoms with van der Waals surface area (Å²) < 4.78 is 52.8. The van der Waals surface area contributed by atoms with Crippen molar-refractivity contribution in [2.45, 2.75) is 19.1 Å². The quantitative estimate of drug-likeness (QED) is 0.705. The monoisotopic (exact) mass is 402 g/mol. The first-order valence-electron chi connectivity index (χ1n) is 7.05. The number of amides is 1. The second-order valence-electron chi connectivity index (χ2n) is 5.43. The van der Waals surface area contributed by atoms with Gasteiger partial charge in [0.25, 0.3) is 5.91 Å². The molecule has 1 aliphatic heterocycles. The Kier molecular flexibility index (Phi) is 4.33. The minimum atomic E-state index is -4.56. The van der Waals surface area contributed by atoms with Crippen LogP contribution in [-0.2, 0) is 19.1 Å². The van der Waals surface area contributed by atoms with Crippen molar-refractivity contribution in [2.75, 3.05) is 6.54 Å². The minimum absolute atomic E-state index is 0.162. The van der Waals surface area contributed by atoms with Crippen molar-refractivity contribution in [3.63, 3.8) is 0 Å². The summed E-state index contributed by atoms with van der Waals surface area (Å²) in [4.78, 5) is 18.0. The molecule has 0 atom stereocenters. The van der Waals surface area contributed by atoms with Gasteiger partial charge in [-0.15, -0.1) is 0 Å². The average Bonchev–Trinajstić information content (AvgIpc) is 2.51. The molecule has 1 aliphatic rings. The van der Waals surface area contributed by atoms with Crippen LogP contribution in [0.1, 0.15) is 27.2 Å². The predicted molar refractivity (Wildman–Crippen MR) is 81.8 cm³/mol. The van der Waals surface area contributed by atoms with E-state index in [0.717, 1.165) is 12.1 Å². The lowest BCUT2D eigenvalue weighted by molar-refractivity contribution is -0.137. The van der Waals surface area contributed by atoms with E-state index in [-0.39, 0.29) is 24.6 Å². The fourth-order valence-corrected chi connectivity index (χ4v) is 2.92. The number of pyridine rings is 1. The molecule has 1 amide bonds. The zero-order valence-corrected chi connectivity index (χ0v) is 13.8. The zero-order valence-electron chi connectivity index (χ0n) is 12.2.